The molecule has 0 spiro atoms. The SMILES string of the molecule is CC(CNCCOC(C)(C)C)C(C)(C)C. The van der Waals surface area contributed by atoms with Crippen molar-refractivity contribution in [2.24, 2.45) is 11.3 Å². The Kier molecular flexibility index (Phi) is 5.82. The fourth-order valence-corrected chi connectivity index (χ4v) is 1.05. The Bertz CT molecular complexity index is 164. The van der Waals surface area contributed by atoms with Crippen molar-refractivity contribution in [1.82, 2.24) is 5.32 Å². The predicted octanol–water partition coefficient (Wildman–Crippen LogP) is 3.07. The van der Waals surface area contributed by atoms with Crippen molar-refractivity contribution in [3.8, 4) is 0 Å². The molecule has 0 aliphatic carbocycles. The first-order valence-corrected chi connectivity index (χ1v) is 5.97. The third-order valence-electron chi connectivity index (χ3n) is 2.74. The first-order chi connectivity index (χ1) is 6.63. The molecule has 2 heteroatoms. The highest BCUT2D eigenvalue weighted by Gasteiger charge is 2.19. The Hall–Kier alpha value is -0.0800. The summed E-state index contributed by atoms with van der Waals surface area (Å²) in [5.41, 5.74) is 0.370. The average molecular weight is 215 g/mol. The third kappa shape index (κ3) is 8.88. The van der Waals surface area contributed by atoms with Gasteiger partial charge in [-0.3, -0.25) is 0 Å². The molecule has 1 unspecified atom stereocenters. The van der Waals surface area contributed by atoms with Crippen molar-refractivity contribution in [2.75, 3.05) is 19.7 Å². The monoisotopic (exact) mass is 215 g/mol. The zero-order valence-corrected chi connectivity index (χ0v) is 11.6. The fraction of sp³-hybridized carbons (Fsp3) is 1.00. The van der Waals surface area contributed by atoms with Gasteiger partial charge in [0.15, 0.2) is 0 Å². The van der Waals surface area contributed by atoms with Gasteiger partial charge in [-0.05, 0) is 38.6 Å². The second-order valence-corrected chi connectivity index (χ2v) is 6.43. The molecule has 2 nitrogen and oxygen atoms in total. The molecule has 1 N–H and O–H groups in total. The first-order valence-electron chi connectivity index (χ1n) is 5.97. The van der Waals surface area contributed by atoms with Crippen LogP contribution in [0.1, 0.15) is 48.5 Å². The van der Waals surface area contributed by atoms with Gasteiger partial charge >= 0.3 is 0 Å². The van der Waals surface area contributed by atoms with E-state index < -0.39 is 0 Å². The maximum atomic E-state index is 5.63. The van der Waals surface area contributed by atoms with Crippen molar-refractivity contribution in [2.45, 2.75) is 54.1 Å². The quantitative estimate of drug-likeness (QED) is 0.712. The predicted molar refractivity (Wildman–Crippen MR) is 67.2 cm³/mol. The van der Waals surface area contributed by atoms with Crippen LogP contribution in [0.5, 0.6) is 0 Å². The van der Waals surface area contributed by atoms with E-state index in [0.29, 0.717) is 11.3 Å². The Labute approximate surface area is 95.8 Å². The molecule has 0 saturated carbocycles. The molecule has 0 rings (SSSR count). The summed E-state index contributed by atoms with van der Waals surface area (Å²) in [6.07, 6.45) is 0. The molecule has 92 valence electrons. The van der Waals surface area contributed by atoms with Gasteiger partial charge in [-0.1, -0.05) is 27.7 Å². The van der Waals surface area contributed by atoms with E-state index in [2.05, 4.69) is 53.8 Å². The van der Waals surface area contributed by atoms with Crippen molar-refractivity contribution in [3.63, 3.8) is 0 Å². The van der Waals surface area contributed by atoms with Crippen LogP contribution in [0.25, 0.3) is 0 Å². The number of hydrogen-bond donors (Lipinski definition) is 1. The molecular weight excluding hydrogens is 186 g/mol. The zero-order valence-electron chi connectivity index (χ0n) is 11.6. The Morgan fingerprint density at radius 1 is 1.07 bits per heavy atom. The number of nitrogens with one attached hydrogen (secondary N) is 1. The van der Waals surface area contributed by atoms with E-state index in [9.17, 15) is 0 Å². The molecule has 0 radical (unpaired) electrons. The van der Waals surface area contributed by atoms with Crippen molar-refractivity contribution < 1.29 is 4.74 Å². The maximum absolute atomic E-state index is 5.63. The standard InChI is InChI=1S/C13H29NO/c1-11(12(2,3)4)10-14-8-9-15-13(5,6)7/h11,14H,8-10H2,1-7H3. The Morgan fingerprint density at radius 2 is 1.60 bits per heavy atom. The zero-order chi connectivity index (χ0) is 12.1. The summed E-state index contributed by atoms with van der Waals surface area (Å²) < 4.78 is 5.63. The second-order valence-electron chi connectivity index (χ2n) is 6.43. The minimum absolute atomic E-state index is 0.0165. The minimum Gasteiger partial charge on any atom is -0.375 e. The molecule has 0 aromatic heterocycles. The lowest BCUT2D eigenvalue weighted by molar-refractivity contribution is -0.00131. The van der Waals surface area contributed by atoms with Crippen LogP contribution >= 0.6 is 0 Å². The average Bonchev–Trinajstić information content (AvgIpc) is 1.99. The van der Waals surface area contributed by atoms with Crippen molar-refractivity contribution in [1.29, 1.82) is 0 Å². The molecule has 15 heavy (non-hydrogen) atoms. The molecule has 0 fully saturated rings. The van der Waals surface area contributed by atoms with Crippen molar-refractivity contribution in [3.05, 3.63) is 0 Å². The largest absolute Gasteiger partial charge is 0.375 e. The molecule has 0 heterocycles. The van der Waals surface area contributed by atoms with E-state index in [4.69, 9.17) is 4.74 Å². The van der Waals surface area contributed by atoms with Crippen LogP contribution in [0.4, 0.5) is 0 Å². The minimum atomic E-state index is -0.0165. The van der Waals surface area contributed by atoms with Crippen LogP contribution in [0.2, 0.25) is 0 Å². The van der Waals surface area contributed by atoms with Gasteiger partial charge in [-0.25, -0.2) is 0 Å². The van der Waals surface area contributed by atoms with Crippen LogP contribution in [0, 0.1) is 11.3 Å². The van der Waals surface area contributed by atoms with Gasteiger partial charge in [-0.15, -0.1) is 0 Å². The highest BCUT2D eigenvalue weighted by molar-refractivity contribution is 4.71. The summed E-state index contributed by atoms with van der Waals surface area (Å²) in [5, 5.41) is 3.44. The van der Waals surface area contributed by atoms with Crippen LogP contribution in [-0.4, -0.2) is 25.3 Å². The van der Waals surface area contributed by atoms with Gasteiger partial charge < -0.3 is 10.1 Å². The Balaban J connectivity index is 3.48. The van der Waals surface area contributed by atoms with Crippen LogP contribution in [0.15, 0.2) is 0 Å². The van der Waals surface area contributed by atoms with Crippen LogP contribution in [-0.2, 0) is 4.74 Å². The lowest BCUT2D eigenvalue weighted by Gasteiger charge is -2.27. The number of ether oxygens (including phenoxy) is 1. The molecule has 0 aromatic rings. The van der Waals surface area contributed by atoms with Gasteiger partial charge in [0.25, 0.3) is 0 Å². The van der Waals surface area contributed by atoms with E-state index in [-0.39, 0.29) is 5.60 Å². The van der Waals surface area contributed by atoms with E-state index >= 15 is 0 Å². The molecular formula is C13H29NO. The highest BCUT2D eigenvalue weighted by Crippen LogP contribution is 2.24. The first kappa shape index (κ1) is 14.9. The van der Waals surface area contributed by atoms with Gasteiger partial charge in [0.05, 0.1) is 12.2 Å². The topological polar surface area (TPSA) is 21.3 Å². The number of rotatable bonds is 5. The normalized spacial score (nSPS) is 15.4. The summed E-state index contributed by atoms with van der Waals surface area (Å²) in [7, 11) is 0. The molecule has 0 aliphatic rings. The van der Waals surface area contributed by atoms with Gasteiger partial charge in [-0.2, -0.15) is 0 Å². The molecule has 0 bridgehead atoms. The highest BCUT2D eigenvalue weighted by atomic mass is 16.5. The van der Waals surface area contributed by atoms with Crippen LogP contribution < -0.4 is 5.32 Å². The van der Waals surface area contributed by atoms with Gasteiger partial charge in [0.1, 0.15) is 0 Å². The molecule has 0 saturated heterocycles. The summed E-state index contributed by atoms with van der Waals surface area (Å²) in [4.78, 5) is 0. The molecule has 0 aliphatic heterocycles. The van der Waals surface area contributed by atoms with E-state index in [1.165, 1.54) is 0 Å². The number of hydrogen-bond acceptors (Lipinski definition) is 2. The lowest BCUT2D eigenvalue weighted by atomic mass is 9.82. The Morgan fingerprint density at radius 3 is 2.00 bits per heavy atom. The van der Waals surface area contributed by atoms with Crippen molar-refractivity contribution >= 4 is 0 Å². The lowest BCUT2D eigenvalue weighted by Crippen LogP contribution is -2.33. The van der Waals surface area contributed by atoms with E-state index in [0.717, 1.165) is 19.7 Å². The fourth-order valence-electron chi connectivity index (χ4n) is 1.05. The second kappa shape index (κ2) is 5.86. The van der Waals surface area contributed by atoms with Gasteiger partial charge in [0, 0.05) is 6.54 Å². The maximum Gasteiger partial charge on any atom is 0.0599 e. The van der Waals surface area contributed by atoms with E-state index in [1.54, 1.807) is 0 Å². The molecule has 0 amide bonds. The summed E-state index contributed by atoms with van der Waals surface area (Å²) in [6, 6.07) is 0. The molecule has 0 aromatic carbocycles. The summed E-state index contributed by atoms with van der Waals surface area (Å²) in [6.45, 7) is 18.2. The smallest absolute Gasteiger partial charge is 0.0599 e. The van der Waals surface area contributed by atoms with Gasteiger partial charge in [0.2, 0.25) is 0 Å². The van der Waals surface area contributed by atoms with Crippen LogP contribution in [0.3, 0.4) is 0 Å². The van der Waals surface area contributed by atoms with E-state index in [1.807, 2.05) is 0 Å². The summed E-state index contributed by atoms with van der Waals surface area (Å²) >= 11 is 0. The molecule has 1 atom stereocenters. The summed E-state index contributed by atoms with van der Waals surface area (Å²) in [5.74, 6) is 0.687. The third-order valence-corrected chi connectivity index (χ3v) is 2.74.